The fraction of sp³-hybridized carbons (Fsp3) is 0.433. The first-order chi connectivity index (χ1) is 17.6. The van der Waals surface area contributed by atoms with Crippen LogP contribution in [0.3, 0.4) is 0 Å². The SMILES string of the molecule is CCN(CC)CCCN1C(=O)C(=O)C(=C(O)c2c(C)nc3ccccn23)[C@H]1c1ccc(C(C)(C)C)cc1. The molecule has 1 aliphatic heterocycles. The van der Waals surface area contributed by atoms with E-state index in [1.165, 1.54) is 0 Å². The summed E-state index contributed by atoms with van der Waals surface area (Å²) in [5, 5.41) is 11.6. The zero-order valence-corrected chi connectivity index (χ0v) is 22.8. The number of hydrogen-bond donors (Lipinski definition) is 1. The Balaban J connectivity index is 1.82. The van der Waals surface area contributed by atoms with E-state index >= 15 is 0 Å². The molecule has 3 heterocycles. The normalized spacial score (nSPS) is 17.9. The molecule has 0 unspecified atom stereocenters. The highest BCUT2D eigenvalue weighted by atomic mass is 16.3. The number of rotatable bonds is 8. The van der Waals surface area contributed by atoms with Gasteiger partial charge in [0.05, 0.1) is 17.3 Å². The van der Waals surface area contributed by atoms with E-state index in [1.807, 2.05) is 42.5 Å². The Morgan fingerprint density at radius 3 is 2.35 bits per heavy atom. The summed E-state index contributed by atoms with van der Waals surface area (Å²) in [5.74, 6) is -1.42. The third-order valence-electron chi connectivity index (χ3n) is 7.33. The molecular weight excluding hydrogens is 464 g/mol. The van der Waals surface area contributed by atoms with E-state index in [4.69, 9.17) is 0 Å². The fourth-order valence-electron chi connectivity index (χ4n) is 5.15. The Morgan fingerprint density at radius 1 is 1.05 bits per heavy atom. The van der Waals surface area contributed by atoms with Crippen molar-refractivity contribution in [3.8, 4) is 0 Å². The molecule has 0 bridgehead atoms. The number of Topliss-reactive ketones (excluding diaryl/α,β-unsaturated/α-hetero) is 1. The summed E-state index contributed by atoms with van der Waals surface area (Å²) in [5.41, 5.74) is 3.76. The molecule has 1 saturated heterocycles. The van der Waals surface area contributed by atoms with Crippen molar-refractivity contribution in [2.75, 3.05) is 26.2 Å². The van der Waals surface area contributed by atoms with Crippen molar-refractivity contribution in [3.63, 3.8) is 0 Å². The maximum absolute atomic E-state index is 13.5. The second-order valence-corrected chi connectivity index (χ2v) is 10.7. The Kier molecular flexibility index (Phi) is 7.55. The van der Waals surface area contributed by atoms with Crippen molar-refractivity contribution in [1.29, 1.82) is 0 Å². The molecule has 7 nitrogen and oxygen atoms in total. The minimum Gasteiger partial charge on any atom is -0.505 e. The van der Waals surface area contributed by atoms with Gasteiger partial charge in [-0.15, -0.1) is 0 Å². The average Bonchev–Trinajstić information content (AvgIpc) is 3.34. The summed E-state index contributed by atoms with van der Waals surface area (Å²) in [6, 6.07) is 12.9. The zero-order valence-electron chi connectivity index (χ0n) is 22.8. The number of nitrogens with zero attached hydrogens (tertiary/aromatic N) is 4. The highest BCUT2D eigenvalue weighted by Gasteiger charge is 2.46. The van der Waals surface area contributed by atoms with Crippen molar-refractivity contribution >= 4 is 23.1 Å². The third-order valence-corrected chi connectivity index (χ3v) is 7.33. The number of carbonyl (C=O) groups excluding carboxylic acids is 2. The van der Waals surface area contributed by atoms with Gasteiger partial charge in [0, 0.05) is 12.7 Å². The first-order valence-corrected chi connectivity index (χ1v) is 13.1. The topological polar surface area (TPSA) is 78.2 Å². The molecule has 37 heavy (non-hydrogen) atoms. The number of amides is 1. The molecule has 3 aromatic rings. The zero-order chi connectivity index (χ0) is 26.9. The Morgan fingerprint density at radius 2 is 1.73 bits per heavy atom. The Labute approximate surface area is 219 Å². The van der Waals surface area contributed by atoms with E-state index < -0.39 is 17.7 Å². The van der Waals surface area contributed by atoms with E-state index in [0.29, 0.717) is 23.6 Å². The molecular formula is C30H38N4O3. The highest BCUT2D eigenvalue weighted by molar-refractivity contribution is 6.46. The number of hydrogen-bond acceptors (Lipinski definition) is 5. The summed E-state index contributed by atoms with van der Waals surface area (Å²) in [4.78, 5) is 35.3. The second kappa shape index (κ2) is 10.5. The van der Waals surface area contributed by atoms with Crippen LogP contribution >= 0.6 is 0 Å². The molecule has 1 atom stereocenters. The number of aliphatic hydroxyl groups excluding tert-OH is 1. The molecule has 196 valence electrons. The maximum atomic E-state index is 13.5. The number of aliphatic hydroxyl groups is 1. The molecule has 0 saturated carbocycles. The Bertz CT molecular complexity index is 1330. The first kappa shape index (κ1) is 26.6. The molecule has 1 amide bonds. The van der Waals surface area contributed by atoms with Crippen LogP contribution in [0.15, 0.2) is 54.2 Å². The van der Waals surface area contributed by atoms with Gasteiger partial charge in [-0.25, -0.2) is 4.98 Å². The van der Waals surface area contributed by atoms with Gasteiger partial charge in [0.2, 0.25) is 0 Å². The number of fused-ring (bicyclic) bond motifs is 1. The number of carbonyl (C=O) groups is 2. The van der Waals surface area contributed by atoms with Gasteiger partial charge in [0.25, 0.3) is 11.7 Å². The molecule has 0 radical (unpaired) electrons. The molecule has 1 fully saturated rings. The summed E-state index contributed by atoms with van der Waals surface area (Å²) in [6.45, 7) is 15.6. The van der Waals surface area contributed by atoms with Gasteiger partial charge in [-0.05, 0) is 61.7 Å². The molecule has 1 N–H and O–H groups in total. The van der Waals surface area contributed by atoms with Gasteiger partial charge in [-0.3, -0.25) is 14.0 Å². The van der Waals surface area contributed by atoms with Crippen LogP contribution in [-0.2, 0) is 15.0 Å². The number of aryl methyl sites for hydroxylation is 1. The van der Waals surface area contributed by atoms with E-state index in [1.54, 1.807) is 22.4 Å². The minimum atomic E-state index is -0.667. The monoisotopic (exact) mass is 502 g/mol. The molecule has 1 aromatic carbocycles. The highest BCUT2D eigenvalue weighted by Crippen LogP contribution is 2.40. The van der Waals surface area contributed by atoms with Crippen LogP contribution in [0.2, 0.25) is 0 Å². The van der Waals surface area contributed by atoms with Gasteiger partial charge in [0.15, 0.2) is 5.76 Å². The van der Waals surface area contributed by atoms with Crippen LogP contribution in [0.4, 0.5) is 0 Å². The number of pyridine rings is 1. The van der Waals surface area contributed by atoms with Crippen molar-refractivity contribution in [2.45, 2.75) is 59.4 Å². The first-order valence-electron chi connectivity index (χ1n) is 13.1. The van der Waals surface area contributed by atoms with Crippen molar-refractivity contribution in [2.24, 2.45) is 0 Å². The minimum absolute atomic E-state index is 0.0300. The van der Waals surface area contributed by atoms with Crippen LogP contribution in [0.25, 0.3) is 11.4 Å². The molecule has 0 spiro atoms. The lowest BCUT2D eigenvalue weighted by molar-refractivity contribution is -0.140. The number of imidazole rings is 1. The molecule has 7 heteroatoms. The molecule has 0 aliphatic carbocycles. The van der Waals surface area contributed by atoms with Crippen molar-refractivity contribution in [3.05, 3.63) is 76.7 Å². The van der Waals surface area contributed by atoms with E-state index in [2.05, 4.69) is 44.5 Å². The summed E-state index contributed by atoms with van der Waals surface area (Å²) >= 11 is 0. The predicted octanol–water partition coefficient (Wildman–Crippen LogP) is 5.09. The van der Waals surface area contributed by atoms with E-state index in [0.717, 1.165) is 37.2 Å². The van der Waals surface area contributed by atoms with E-state index in [9.17, 15) is 14.7 Å². The van der Waals surface area contributed by atoms with Gasteiger partial charge in [-0.1, -0.05) is 65.0 Å². The third kappa shape index (κ3) is 5.05. The van der Waals surface area contributed by atoms with Crippen molar-refractivity contribution in [1.82, 2.24) is 19.2 Å². The van der Waals surface area contributed by atoms with Crippen LogP contribution in [-0.4, -0.2) is 62.2 Å². The smallest absolute Gasteiger partial charge is 0.295 e. The molecule has 2 aromatic heterocycles. The van der Waals surface area contributed by atoms with Crippen molar-refractivity contribution < 1.29 is 14.7 Å². The fourth-order valence-corrected chi connectivity index (χ4v) is 5.15. The number of aromatic nitrogens is 2. The van der Waals surface area contributed by atoms with Gasteiger partial charge < -0.3 is 14.9 Å². The summed E-state index contributed by atoms with van der Waals surface area (Å²) < 4.78 is 1.76. The van der Waals surface area contributed by atoms with Crippen LogP contribution < -0.4 is 0 Å². The van der Waals surface area contributed by atoms with Gasteiger partial charge in [-0.2, -0.15) is 0 Å². The quantitative estimate of drug-likeness (QED) is 0.264. The Hall–Kier alpha value is -3.45. The molecule has 1 aliphatic rings. The lowest BCUT2D eigenvalue weighted by Crippen LogP contribution is -2.33. The molecule has 4 rings (SSSR count). The number of ketones is 1. The van der Waals surface area contributed by atoms with Gasteiger partial charge >= 0.3 is 0 Å². The maximum Gasteiger partial charge on any atom is 0.295 e. The summed E-state index contributed by atoms with van der Waals surface area (Å²) in [6.07, 6.45) is 2.54. The lowest BCUT2D eigenvalue weighted by Gasteiger charge is -2.27. The van der Waals surface area contributed by atoms with Crippen LogP contribution in [0.1, 0.15) is 69.6 Å². The number of benzene rings is 1. The van der Waals surface area contributed by atoms with Gasteiger partial charge in [0.1, 0.15) is 11.3 Å². The van der Waals surface area contributed by atoms with Crippen LogP contribution in [0, 0.1) is 6.92 Å². The number of likely N-dealkylation sites (tertiary alicyclic amines) is 1. The predicted molar refractivity (Wildman–Crippen MR) is 146 cm³/mol. The largest absolute Gasteiger partial charge is 0.505 e. The standard InChI is InChI=1S/C30H38N4O3/c1-7-32(8-2)17-11-19-34-26(21-13-15-22(16-14-21)30(4,5)6)24(28(36)29(34)37)27(35)25-20(3)31-23-12-9-10-18-33(23)25/h9-10,12-16,18,26,35H,7-8,11,17,19H2,1-6H3/t26-/m1/s1. The second-order valence-electron chi connectivity index (χ2n) is 10.7. The lowest BCUT2D eigenvalue weighted by atomic mass is 9.85. The average molecular weight is 503 g/mol. The van der Waals surface area contributed by atoms with E-state index in [-0.39, 0.29) is 16.7 Å². The summed E-state index contributed by atoms with van der Waals surface area (Å²) in [7, 11) is 0. The van der Waals surface area contributed by atoms with Crippen LogP contribution in [0.5, 0.6) is 0 Å².